The largest absolute Gasteiger partial charge is 0.497 e. The zero-order chi connectivity index (χ0) is 20.5. The highest BCUT2D eigenvalue weighted by atomic mass is 16.5. The second kappa shape index (κ2) is 10.1. The summed E-state index contributed by atoms with van der Waals surface area (Å²) in [6.45, 7) is 4.00. The number of ether oxygens (including phenoxy) is 1. The number of hydrogen-bond acceptors (Lipinski definition) is 4. The van der Waals surface area contributed by atoms with E-state index in [1.807, 2.05) is 38.1 Å². The van der Waals surface area contributed by atoms with Crippen LogP contribution >= 0.6 is 0 Å². The Bertz CT molecular complexity index is 832. The van der Waals surface area contributed by atoms with E-state index in [9.17, 15) is 14.4 Å². The lowest BCUT2D eigenvalue weighted by atomic mass is 10.1. The molecule has 0 fully saturated rings. The van der Waals surface area contributed by atoms with Crippen molar-refractivity contribution in [3.05, 3.63) is 59.7 Å². The van der Waals surface area contributed by atoms with Crippen LogP contribution in [0.3, 0.4) is 0 Å². The molecule has 0 saturated heterocycles. The van der Waals surface area contributed by atoms with Crippen LogP contribution < -0.4 is 20.7 Å². The molecule has 0 atom stereocenters. The van der Waals surface area contributed by atoms with E-state index in [0.717, 1.165) is 11.3 Å². The van der Waals surface area contributed by atoms with Crippen LogP contribution in [0.2, 0.25) is 0 Å². The van der Waals surface area contributed by atoms with Crippen molar-refractivity contribution in [3.63, 3.8) is 0 Å². The smallest absolute Gasteiger partial charge is 0.313 e. The first kappa shape index (κ1) is 21.0. The maximum atomic E-state index is 12.2. The molecule has 0 spiro atoms. The lowest BCUT2D eigenvalue weighted by Crippen LogP contribution is -2.37. The van der Waals surface area contributed by atoms with Gasteiger partial charge in [-0.15, -0.1) is 0 Å². The van der Waals surface area contributed by atoms with Crippen LogP contribution in [0.25, 0.3) is 0 Å². The highest BCUT2D eigenvalue weighted by Crippen LogP contribution is 2.15. The molecule has 0 saturated carbocycles. The molecule has 0 aromatic heterocycles. The van der Waals surface area contributed by atoms with Crippen LogP contribution in [0.4, 0.5) is 5.69 Å². The fraction of sp³-hybridized carbons (Fsp3) is 0.286. The third-order valence-electron chi connectivity index (χ3n) is 3.90. The molecule has 0 radical (unpaired) electrons. The fourth-order valence-corrected chi connectivity index (χ4v) is 2.50. The number of carbonyl (C=O) groups excluding carboxylic acids is 3. The molecule has 7 heteroatoms. The maximum absolute atomic E-state index is 12.2. The molecule has 3 amide bonds. The summed E-state index contributed by atoms with van der Waals surface area (Å²) in [6.07, 6.45) is 0.580. The summed E-state index contributed by atoms with van der Waals surface area (Å²) in [5.74, 6) is -1.13. The number of benzene rings is 2. The summed E-state index contributed by atoms with van der Waals surface area (Å²) < 4.78 is 5.10. The Morgan fingerprint density at radius 2 is 1.64 bits per heavy atom. The van der Waals surface area contributed by atoms with Gasteiger partial charge in [-0.2, -0.15) is 0 Å². The molecule has 0 unspecified atom stereocenters. The lowest BCUT2D eigenvalue weighted by molar-refractivity contribution is -0.136. The van der Waals surface area contributed by atoms with Crippen LogP contribution in [-0.4, -0.2) is 37.4 Å². The predicted octanol–water partition coefficient (Wildman–Crippen LogP) is 2.13. The number of rotatable bonds is 7. The number of para-hydroxylation sites is 1. The van der Waals surface area contributed by atoms with Gasteiger partial charge in [-0.05, 0) is 50.1 Å². The van der Waals surface area contributed by atoms with Crippen LogP contribution in [-0.2, 0) is 16.0 Å². The number of amides is 3. The minimum Gasteiger partial charge on any atom is -0.497 e. The molecule has 0 aliphatic carbocycles. The number of nitrogens with one attached hydrogen (secondary N) is 3. The second-order valence-electron chi connectivity index (χ2n) is 6.48. The van der Waals surface area contributed by atoms with Crippen LogP contribution in [0.1, 0.15) is 29.8 Å². The molecular formula is C21H25N3O4. The summed E-state index contributed by atoms with van der Waals surface area (Å²) in [4.78, 5) is 36.4. The maximum Gasteiger partial charge on any atom is 0.313 e. The molecular weight excluding hydrogens is 358 g/mol. The minimum atomic E-state index is -0.820. The molecule has 7 nitrogen and oxygen atoms in total. The Morgan fingerprint density at radius 3 is 2.29 bits per heavy atom. The average molecular weight is 383 g/mol. The van der Waals surface area contributed by atoms with Gasteiger partial charge in [0.1, 0.15) is 5.75 Å². The average Bonchev–Trinajstić information content (AvgIpc) is 2.68. The van der Waals surface area contributed by atoms with Gasteiger partial charge in [-0.1, -0.05) is 24.3 Å². The molecule has 0 bridgehead atoms. The predicted molar refractivity (Wildman–Crippen MR) is 107 cm³/mol. The third kappa shape index (κ3) is 6.12. The molecule has 3 N–H and O–H groups in total. The first-order valence-electron chi connectivity index (χ1n) is 9.02. The van der Waals surface area contributed by atoms with Gasteiger partial charge in [-0.3, -0.25) is 14.4 Å². The van der Waals surface area contributed by atoms with Crippen molar-refractivity contribution in [3.8, 4) is 5.75 Å². The Balaban J connectivity index is 1.90. The summed E-state index contributed by atoms with van der Waals surface area (Å²) >= 11 is 0. The topological polar surface area (TPSA) is 96.5 Å². The fourth-order valence-electron chi connectivity index (χ4n) is 2.50. The van der Waals surface area contributed by atoms with E-state index in [-0.39, 0.29) is 17.6 Å². The standard InChI is InChI=1S/C21H25N3O4/c1-14(2)23-19(25)17-6-4-5-7-18(17)24-21(27)20(26)22-13-12-15-8-10-16(28-3)11-9-15/h4-11,14H,12-13H2,1-3H3,(H,22,26)(H,23,25)(H,24,27). The normalized spacial score (nSPS) is 10.3. The van der Waals surface area contributed by atoms with Gasteiger partial charge >= 0.3 is 11.8 Å². The third-order valence-corrected chi connectivity index (χ3v) is 3.90. The van der Waals surface area contributed by atoms with E-state index in [2.05, 4.69) is 16.0 Å². The van der Waals surface area contributed by atoms with E-state index in [1.165, 1.54) is 0 Å². The molecule has 0 aliphatic heterocycles. The van der Waals surface area contributed by atoms with Crippen molar-refractivity contribution in [2.75, 3.05) is 19.0 Å². The quantitative estimate of drug-likeness (QED) is 0.638. The Labute approximate surface area is 164 Å². The van der Waals surface area contributed by atoms with Crippen molar-refractivity contribution < 1.29 is 19.1 Å². The SMILES string of the molecule is COc1ccc(CCNC(=O)C(=O)Nc2ccccc2C(=O)NC(C)C)cc1. The Morgan fingerprint density at radius 1 is 0.964 bits per heavy atom. The van der Waals surface area contributed by atoms with Gasteiger partial charge in [-0.25, -0.2) is 0 Å². The molecule has 28 heavy (non-hydrogen) atoms. The molecule has 0 heterocycles. The van der Waals surface area contributed by atoms with E-state index >= 15 is 0 Å². The monoisotopic (exact) mass is 383 g/mol. The van der Waals surface area contributed by atoms with E-state index < -0.39 is 11.8 Å². The molecule has 2 aromatic carbocycles. The number of anilines is 1. The van der Waals surface area contributed by atoms with Crippen LogP contribution in [0.15, 0.2) is 48.5 Å². The zero-order valence-corrected chi connectivity index (χ0v) is 16.2. The van der Waals surface area contributed by atoms with Crippen molar-refractivity contribution in [2.24, 2.45) is 0 Å². The van der Waals surface area contributed by atoms with E-state index in [0.29, 0.717) is 18.5 Å². The first-order valence-corrected chi connectivity index (χ1v) is 9.02. The van der Waals surface area contributed by atoms with Crippen molar-refractivity contribution >= 4 is 23.4 Å². The van der Waals surface area contributed by atoms with Crippen molar-refractivity contribution in [2.45, 2.75) is 26.3 Å². The summed E-state index contributed by atoms with van der Waals surface area (Å²) in [6, 6.07) is 14.0. The van der Waals surface area contributed by atoms with Gasteiger partial charge in [0.2, 0.25) is 0 Å². The van der Waals surface area contributed by atoms with Crippen molar-refractivity contribution in [1.82, 2.24) is 10.6 Å². The lowest BCUT2D eigenvalue weighted by Gasteiger charge is -2.13. The highest BCUT2D eigenvalue weighted by molar-refractivity contribution is 6.40. The minimum absolute atomic E-state index is 0.0440. The summed E-state index contributed by atoms with van der Waals surface area (Å²) in [5.41, 5.74) is 1.60. The van der Waals surface area contributed by atoms with Crippen LogP contribution in [0, 0.1) is 0 Å². The molecule has 2 rings (SSSR count). The zero-order valence-electron chi connectivity index (χ0n) is 16.2. The van der Waals surface area contributed by atoms with Gasteiger partial charge in [0.05, 0.1) is 18.4 Å². The Hall–Kier alpha value is -3.35. The molecule has 0 aliphatic rings. The van der Waals surface area contributed by atoms with Gasteiger partial charge < -0.3 is 20.7 Å². The molecule has 2 aromatic rings. The van der Waals surface area contributed by atoms with E-state index in [1.54, 1.807) is 31.4 Å². The van der Waals surface area contributed by atoms with Gasteiger partial charge in [0, 0.05) is 12.6 Å². The first-order chi connectivity index (χ1) is 13.4. The van der Waals surface area contributed by atoms with Crippen LogP contribution in [0.5, 0.6) is 5.75 Å². The number of methoxy groups -OCH3 is 1. The highest BCUT2D eigenvalue weighted by Gasteiger charge is 2.17. The summed E-state index contributed by atoms with van der Waals surface area (Å²) in [5, 5.41) is 7.84. The summed E-state index contributed by atoms with van der Waals surface area (Å²) in [7, 11) is 1.60. The number of hydrogen-bond donors (Lipinski definition) is 3. The molecule has 148 valence electrons. The second-order valence-corrected chi connectivity index (χ2v) is 6.48. The van der Waals surface area contributed by atoms with Crippen molar-refractivity contribution in [1.29, 1.82) is 0 Å². The Kier molecular flexibility index (Phi) is 7.56. The van der Waals surface area contributed by atoms with E-state index in [4.69, 9.17) is 4.74 Å². The van der Waals surface area contributed by atoms with Gasteiger partial charge in [0.15, 0.2) is 0 Å². The van der Waals surface area contributed by atoms with Gasteiger partial charge in [0.25, 0.3) is 5.91 Å². The number of carbonyl (C=O) groups is 3.